The number of ether oxygens (including phenoxy) is 2. The Labute approximate surface area is 147 Å². The number of hydrogen-bond acceptors (Lipinski definition) is 6. The highest BCUT2D eigenvalue weighted by molar-refractivity contribution is 14.1. The molecule has 0 unspecified atom stereocenters. The fourth-order valence-electron chi connectivity index (χ4n) is 1.32. The summed E-state index contributed by atoms with van der Waals surface area (Å²) in [6.07, 6.45) is 3.71. The Morgan fingerprint density at radius 1 is 1.30 bits per heavy atom. The molecule has 1 aromatic heterocycles. The zero-order valence-electron chi connectivity index (χ0n) is 12.3. The summed E-state index contributed by atoms with van der Waals surface area (Å²) in [6.45, 7) is 0.561. The van der Waals surface area contributed by atoms with Gasteiger partial charge in [0.1, 0.15) is 13.2 Å². The van der Waals surface area contributed by atoms with E-state index in [2.05, 4.69) is 38.2 Å². The topological polar surface area (TPSA) is 110 Å². The first-order valence-corrected chi connectivity index (χ1v) is 7.90. The van der Waals surface area contributed by atoms with Gasteiger partial charge in [-0.25, -0.2) is 9.78 Å². The predicted octanol–water partition coefficient (Wildman–Crippen LogP) is 0.456. The van der Waals surface area contributed by atoms with Crippen LogP contribution in [0.2, 0.25) is 0 Å². The van der Waals surface area contributed by atoms with E-state index in [1.807, 2.05) is 6.07 Å². The molecule has 8 nitrogen and oxygen atoms in total. The van der Waals surface area contributed by atoms with Crippen molar-refractivity contribution in [1.82, 2.24) is 15.6 Å². The molecule has 0 radical (unpaired) electrons. The molecule has 0 spiro atoms. The maximum atomic E-state index is 11.3. The fraction of sp³-hybridized carbons (Fsp3) is 0.357. The third kappa shape index (κ3) is 9.68. The second-order valence-corrected chi connectivity index (χ2v) is 5.35. The third-order valence-corrected chi connectivity index (χ3v) is 2.95. The van der Waals surface area contributed by atoms with Crippen molar-refractivity contribution in [2.45, 2.75) is 0 Å². The lowest BCUT2D eigenvalue weighted by Gasteiger charge is -2.07. The lowest BCUT2D eigenvalue weighted by molar-refractivity contribution is -0.116. The summed E-state index contributed by atoms with van der Waals surface area (Å²) in [4.78, 5) is 26.5. The number of alkyl carbamates (subject to hydrolysis) is 1. The average Bonchev–Trinajstić information content (AvgIpc) is 2.55. The van der Waals surface area contributed by atoms with Gasteiger partial charge >= 0.3 is 6.09 Å². The number of pyridine rings is 1. The van der Waals surface area contributed by atoms with Crippen LogP contribution in [0.1, 0.15) is 0 Å². The number of aliphatic hydroxyl groups excluding tert-OH is 1. The summed E-state index contributed by atoms with van der Waals surface area (Å²) in [5.41, 5.74) is 0. The van der Waals surface area contributed by atoms with Crippen LogP contribution >= 0.6 is 22.6 Å². The Bertz CT molecular complexity index is 522. The molecule has 0 aliphatic rings. The molecule has 0 saturated heterocycles. The van der Waals surface area contributed by atoms with Crippen molar-refractivity contribution in [2.24, 2.45) is 0 Å². The van der Waals surface area contributed by atoms with Crippen LogP contribution in [0.15, 0.2) is 30.5 Å². The first-order valence-electron chi connectivity index (χ1n) is 6.82. The molecule has 0 aliphatic heterocycles. The van der Waals surface area contributed by atoms with Crippen molar-refractivity contribution < 1.29 is 24.2 Å². The molecule has 1 heterocycles. The number of carbonyl (C=O) groups excluding carboxylic acids is 2. The van der Waals surface area contributed by atoms with Gasteiger partial charge in [0.2, 0.25) is 11.8 Å². The Balaban J connectivity index is 2.07. The van der Waals surface area contributed by atoms with Crippen LogP contribution in [0, 0.1) is 3.57 Å². The zero-order chi connectivity index (χ0) is 16.9. The molecular formula is C14H18IN3O5. The van der Waals surface area contributed by atoms with E-state index < -0.39 is 6.09 Å². The van der Waals surface area contributed by atoms with Gasteiger partial charge in [0.15, 0.2) is 0 Å². The molecule has 1 rings (SSSR count). The van der Waals surface area contributed by atoms with Gasteiger partial charge in [-0.1, -0.05) is 0 Å². The minimum absolute atomic E-state index is 0.0298. The monoisotopic (exact) mass is 435 g/mol. The number of nitrogens with one attached hydrogen (secondary N) is 2. The summed E-state index contributed by atoms with van der Waals surface area (Å²) in [7, 11) is 0. The van der Waals surface area contributed by atoms with E-state index >= 15 is 0 Å². The van der Waals surface area contributed by atoms with E-state index in [1.165, 1.54) is 12.2 Å². The number of aliphatic hydroxyl groups is 1. The van der Waals surface area contributed by atoms with Gasteiger partial charge in [-0.05, 0) is 34.7 Å². The third-order valence-electron chi connectivity index (χ3n) is 2.31. The number of aromatic nitrogens is 1. The summed E-state index contributed by atoms with van der Waals surface area (Å²) < 4.78 is 11.2. The van der Waals surface area contributed by atoms with Crippen LogP contribution < -0.4 is 15.4 Å². The summed E-state index contributed by atoms with van der Waals surface area (Å²) >= 11 is 2.14. The van der Waals surface area contributed by atoms with Crippen molar-refractivity contribution in [3.8, 4) is 5.88 Å². The van der Waals surface area contributed by atoms with Crippen LogP contribution in [0.3, 0.4) is 0 Å². The molecular weight excluding hydrogens is 417 g/mol. The second-order valence-electron chi connectivity index (χ2n) is 4.11. The fourth-order valence-corrected chi connectivity index (χ4v) is 1.64. The van der Waals surface area contributed by atoms with E-state index in [0.29, 0.717) is 5.88 Å². The minimum atomic E-state index is -0.607. The maximum Gasteiger partial charge on any atom is 0.407 e. The number of halogens is 1. The summed E-state index contributed by atoms with van der Waals surface area (Å²) in [5.74, 6) is 0.124. The van der Waals surface area contributed by atoms with E-state index in [9.17, 15) is 9.59 Å². The van der Waals surface area contributed by atoms with E-state index in [0.717, 1.165) is 3.57 Å². The predicted molar refractivity (Wildman–Crippen MR) is 91.0 cm³/mol. The maximum absolute atomic E-state index is 11.3. The highest BCUT2D eigenvalue weighted by Crippen LogP contribution is 2.08. The van der Waals surface area contributed by atoms with Crippen molar-refractivity contribution in [2.75, 3.05) is 32.9 Å². The Morgan fingerprint density at radius 3 is 2.83 bits per heavy atom. The Morgan fingerprint density at radius 2 is 2.13 bits per heavy atom. The van der Waals surface area contributed by atoms with Gasteiger partial charge in [0.05, 0.1) is 13.2 Å². The highest BCUT2D eigenvalue weighted by atomic mass is 127. The lowest BCUT2D eigenvalue weighted by Crippen LogP contribution is -2.29. The van der Waals surface area contributed by atoms with Gasteiger partial charge in [-0.3, -0.25) is 4.79 Å². The van der Waals surface area contributed by atoms with Gasteiger partial charge in [0, 0.05) is 28.5 Å². The zero-order valence-corrected chi connectivity index (χ0v) is 14.5. The van der Waals surface area contributed by atoms with Crippen LogP contribution in [-0.2, 0) is 9.53 Å². The standard InChI is InChI=1S/C14H18IN3O5/c15-11-3-4-13(18-10-11)22-9-6-17-14(21)23-8-1-2-12(20)16-5-7-19/h1-4,10,19H,5-9H2,(H,16,20)(H,17,21)/b2-1+. The molecule has 0 atom stereocenters. The summed E-state index contributed by atoms with van der Waals surface area (Å²) in [6, 6.07) is 3.61. The van der Waals surface area contributed by atoms with Crippen molar-refractivity contribution >= 4 is 34.6 Å². The Hall–Kier alpha value is -1.88. The van der Waals surface area contributed by atoms with Crippen molar-refractivity contribution in [3.05, 3.63) is 34.1 Å². The Kier molecular flexibility index (Phi) is 9.71. The first kappa shape index (κ1) is 19.2. The second kappa shape index (κ2) is 11.7. The molecule has 9 heteroatoms. The van der Waals surface area contributed by atoms with Crippen molar-refractivity contribution in [3.63, 3.8) is 0 Å². The van der Waals surface area contributed by atoms with E-state index in [1.54, 1.807) is 12.3 Å². The number of hydrogen-bond donors (Lipinski definition) is 3. The molecule has 126 valence electrons. The summed E-state index contributed by atoms with van der Waals surface area (Å²) in [5, 5.41) is 13.4. The molecule has 1 aromatic rings. The largest absolute Gasteiger partial charge is 0.476 e. The van der Waals surface area contributed by atoms with Gasteiger partial charge < -0.3 is 25.2 Å². The average molecular weight is 435 g/mol. The van der Waals surface area contributed by atoms with Gasteiger partial charge in [-0.15, -0.1) is 0 Å². The van der Waals surface area contributed by atoms with Gasteiger partial charge in [0.25, 0.3) is 0 Å². The van der Waals surface area contributed by atoms with Crippen LogP contribution in [0.4, 0.5) is 4.79 Å². The highest BCUT2D eigenvalue weighted by Gasteiger charge is 2.01. The lowest BCUT2D eigenvalue weighted by atomic mass is 10.4. The SMILES string of the molecule is O=C(/C=C/COC(=O)NCCOc1ccc(I)cn1)NCCO. The van der Waals surface area contributed by atoms with Gasteiger partial charge in [-0.2, -0.15) is 0 Å². The molecule has 3 N–H and O–H groups in total. The number of amides is 2. The number of carbonyl (C=O) groups is 2. The molecule has 0 bridgehead atoms. The number of rotatable bonds is 9. The molecule has 0 saturated carbocycles. The number of nitrogens with zero attached hydrogens (tertiary/aromatic N) is 1. The van der Waals surface area contributed by atoms with Crippen molar-refractivity contribution in [1.29, 1.82) is 0 Å². The van der Waals surface area contributed by atoms with E-state index in [4.69, 9.17) is 14.6 Å². The first-order chi connectivity index (χ1) is 11.1. The molecule has 23 heavy (non-hydrogen) atoms. The molecule has 0 aliphatic carbocycles. The molecule has 0 fully saturated rings. The quantitative estimate of drug-likeness (QED) is 0.296. The van der Waals surface area contributed by atoms with Crippen LogP contribution in [0.25, 0.3) is 0 Å². The van der Waals surface area contributed by atoms with E-state index in [-0.39, 0.29) is 38.8 Å². The molecule has 0 aromatic carbocycles. The smallest absolute Gasteiger partial charge is 0.407 e. The normalized spacial score (nSPS) is 10.3. The van der Waals surface area contributed by atoms with Crippen LogP contribution in [-0.4, -0.2) is 55.0 Å². The van der Waals surface area contributed by atoms with Crippen LogP contribution in [0.5, 0.6) is 5.88 Å². The molecule has 2 amide bonds. The minimum Gasteiger partial charge on any atom is -0.476 e.